The Hall–Kier alpha value is -3.70. The van der Waals surface area contributed by atoms with Gasteiger partial charge >= 0.3 is 7.12 Å². The summed E-state index contributed by atoms with van der Waals surface area (Å²) >= 11 is 6.40. The molecule has 11 heteroatoms. The number of ether oxygens (including phenoxy) is 1. The van der Waals surface area contributed by atoms with E-state index in [1.165, 1.54) is 0 Å². The summed E-state index contributed by atoms with van der Waals surface area (Å²) in [4.78, 5) is 32.7. The number of morpholine rings is 1. The molecule has 2 aliphatic heterocycles. The maximum absolute atomic E-state index is 13.6. The molecule has 2 aromatic heterocycles. The van der Waals surface area contributed by atoms with Crippen molar-refractivity contribution in [1.29, 1.82) is 0 Å². The van der Waals surface area contributed by atoms with Gasteiger partial charge in [-0.25, -0.2) is 4.98 Å². The van der Waals surface area contributed by atoms with Crippen LogP contribution in [0.1, 0.15) is 67.7 Å². The SMILES string of the molecule is Cc1cc(C(C)Nc2ccc(Cl)nc2-c2ccc(B3OC(C)(C)C(C)(C)O3)c(C=O)c2)c2oc(N3CCOCC3)c(C)c(=O)c2c1. The second-order valence-corrected chi connectivity index (χ2v) is 13.5. The van der Waals surface area contributed by atoms with Gasteiger partial charge in [-0.2, -0.15) is 0 Å². The van der Waals surface area contributed by atoms with Crippen LogP contribution in [0.15, 0.2) is 51.7 Å². The van der Waals surface area contributed by atoms with Crippen LogP contribution in [0.2, 0.25) is 5.15 Å². The van der Waals surface area contributed by atoms with E-state index in [2.05, 4.69) is 15.2 Å². The molecule has 2 aliphatic rings. The normalized spacial score (nSPS) is 18.2. The molecule has 2 fully saturated rings. The number of carbonyl (C=O) groups is 1. The Labute approximate surface area is 274 Å². The third-order valence-corrected chi connectivity index (χ3v) is 9.57. The van der Waals surface area contributed by atoms with E-state index in [0.717, 1.165) is 17.4 Å². The number of hydrogen-bond acceptors (Lipinski definition) is 9. The molecule has 46 heavy (non-hydrogen) atoms. The highest BCUT2D eigenvalue weighted by molar-refractivity contribution is 6.63. The molecule has 4 aromatic rings. The molecule has 2 saturated heterocycles. The first-order chi connectivity index (χ1) is 21.8. The summed E-state index contributed by atoms with van der Waals surface area (Å²) in [6, 6.07) is 12.7. The van der Waals surface area contributed by atoms with Gasteiger partial charge in [0.05, 0.1) is 52.8 Å². The van der Waals surface area contributed by atoms with E-state index in [9.17, 15) is 9.59 Å². The van der Waals surface area contributed by atoms with Gasteiger partial charge in [0.15, 0.2) is 5.43 Å². The number of halogens is 1. The average molecular weight is 644 g/mol. The van der Waals surface area contributed by atoms with Gasteiger partial charge in [0.2, 0.25) is 5.88 Å². The molecule has 0 saturated carbocycles. The van der Waals surface area contributed by atoms with Crippen molar-refractivity contribution >= 4 is 53.0 Å². The Morgan fingerprint density at radius 2 is 1.72 bits per heavy atom. The third kappa shape index (κ3) is 5.83. The molecule has 9 nitrogen and oxygen atoms in total. The molecule has 0 amide bonds. The molecule has 1 N–H and O–H groups in total. The zero-order valence-corrected chi connectivity index (χ0v) is 28.1. The zero-order chi connectivity index (χ0) is 33.0. The second kappa shape index (κ2) is 12.2. The van der Waals surface area contributed by atoms with Crippen molar-refractivity contribution < 1.29 is 23.3 Å². The van der Waals surface area contributed by atoms with E-state index in [1.54, 1.807) is 12.1 Å². The largest absolute Gasteiger partial charge is 0.495 e. The lowest BCUT2D eigenvalue weighted by Crippen LogP contribution is -2.41. The predicted octanol–water partition coefficient (Wildman–Crippen LogP) is 6.25. The Morgan fingerprint density at radius 3 is 2.39 bits per heavy atom. The van der Waals surface area contributed by atoms with Gasteiger partial charge < -0.3 is 28.7 Å². The smallest absolute Gasteiger partial charge is 0.440 e. The van der Waals surface area contributed by atoms with Crippen molar-refractivity contribution in [3.8, 4) is 11.3 Å². The monoisotopic (exact) mass is 643 g/mol. The van der Waals surface area contributed by atoms with Crippen molar-refractivity contribution in [3.63, 3.8) is 0 Å². The van der Waals surface area contributed by atoms with Crippen LogP contribution in [0.3, 0.4) is 0 Å². The average Bonchev–Trinajstić information content (AvgIpc) is 3.25. The standard InChI is InChI=1S/C35H39BClN3O6/c1-20-16-25(32-26(17-20)31(42)21(2)33(44-32)40-12-14-43-15-13-40)22(3)38-28-10-11-29(37)39-30(28)23-8-9-27(24(18-23)19-41)36-45-34(4,5)35(6,7)46-36/h8-11,16-19,22,38H,12-15H2,1-7H3. The Kier molecular flexibility index (Phi) is 8.52. The number of pyridine rings is 1. The van der Waals surface area contributed by atoms with Crippen LogP contribution in [0.5, 0.6) is 0 Å². The topological polar surface area (TPSA) is 103 Å². The number of benzene rings is 2. The van der Waals surface area contributed by atoms with Gasteiger partial charge in [0, 0.05) is 29.8 Å². The van der Waals surface area contributed by atoms with Gasteiger partial charge in [-0.05, 0) is 83.8 Å². The lowest BCUT2D eigenvalue weighted by atomic mass is 9.75. The summed E-state index contributed by atoms with van der Waals surface area (Å²) in [7, 11) is -0.681. The molecule has 0 radical (unpaired) electrons. The number of fused-ring (bicyclic) bond motifs is 1. The Bertz CT molecular complexity index is 1870. The highest BCUT2D eigenvalue weighted by Crippen LogP contribution is 2.38. The molecule has 1 unspecified atom stereocenters. The van der Waals surface area contributed by atoms with Crippen molar-refractivity contribution in [1.82, 2.24) is 4.98 Å². The first kappa shape index (κ1) is 32.3. The minimum atomic E-state index is -0.681. The van der Waals surface area contributed by atoms with Crippen molar-refractivity contribution in [2.24, 2.45) is 0 Å². The fourth-order valence-corrected chi connectivity index (χ4v) is 6.19. The number of hydrogen-bond donors (Lipinski definition) is 1. The van der Waals surface area contributed by atoms with Crippen LogP contribution >= 0.6 is 11.6 Å². The van der Waals surface area contributed by atoms with E-state index in [4.69, 9.17) is 30.1 Å². The lowest BCUT2D eigenvalue weighted by Gasteiger charge is -2.32. The fourth-order valence-electron chi connectivity index (χ4n) is 6.04. The highest BCUT2D eigenvalue weighted by Gasteiger charge is 2.52. The van der Waals surface area contributed by atoms with Gasteiger partial charge in [-0.1, -0.05) is 29.8 Å². The number of carbonyl (C=O) groups excluding carboxylic acids is 1. The van der Waals surface area contributed by atoms with Crippen LogP contribution < -0.4 is 21.1 Å². The van der Waals surface area contributed by atoms with Crippen molar-refractivity contribution in [2.75, 3.05) is 36.5 Å². The van der Waals surface area contributed by atoms with Crippen LogP contribution in [0, 0.1) is 13.8 Å². The van der Waals surface area contributed by atoms with Gasteiger partial charge in [0.25, 0.3) is 0 Å². The summed E-state index contributed by atoms with van der Waals surface area (Å²) in [6.45, 7) is 16.2. The lowest BCUT2D eigenvalue weighted by molar-refractivity contribution is 0.00578. The van der Waals surface area contributed by atoms with Crippen LogP contribution in [0.4, 0.5) is 11.6 Å². The molecule has 0 spiro atoms. The van der Waals surface area contributed by atoms with E-state index in [0.29, 0.717) is 81.8 Å². The summed E-state index contributed by atoms with van der Waals surface area (Å²) < 4.78 is 24.5. The number of aryl methyl sites for hydroxylation is 1. The van der Waals surface area contributed by atoms with E-state index >= 15 is 0 Å². The quantitative estimate of drug-likeness (QED) is 0.142. The minimum Gasteiger partial charge on any atom is -0.440 e. The maximum Gasteiger partial charge on any atom is 0.495 e. The van der Waals surface area contributed by atoms with Crippen LogP contribution in [0.25, 0.3) is 22.2 Å². The first-order valence-corrected chi connectivity index (χ1v) is 16.0. The number of nitrogens with zero attached hydrogens (tertiary/aromatic N) is 2. The van der Waals surface area contributed by atoms with Gasteiger partial charge in [0.1, 0.15) is 17.0 Å². The molecular formula is C35H39BClN3O6. The summed E-state index contributed by atoms with van der Waals surface area (Å²) in [6.07, 6.45) is 0.805. The van der Waals surface area contributed by atoms with E-state index < -0.39 is 18.3 Å². The van der Waals surface area contributed by atoms with Crippen LogP contribution in [-0.2, 0) is 14.0 Å². The van der Waals surface area contributed by atoms with Gasteiger partial charge in [-0.15, -0.1) is 0 Å². The number of aromatic nitrogens is 1. The number of aldehydes is 1. The molecule has 0 bridgehead atoms. The Balaban J connectivity index is 1.38. The van der Waals surface area contributed by atoms with Gasteiger partial charge in [-0.3, -0.25) is 9.59 Å². The molecule has 4 heterocycles. The molecule has 0 aliphatic carbocycles. The third-order valence-electron chi connectivity index (χ3n) is 9.36. The summed E-state index contributed by atoms with van der Waals surface area (Å²) in [5.41, 5.74) is 4.86. The molecule has 6 rings (SSSR count). The Morgan fingerprint density at radius 1 is 1.02 bits per heavy atom. The summed E-state index contributed by atoms with van der Waals surface area (Å²) in [5.74, 6) is 0.579. The second-order valence-electron chi connectivity index (χ2n) is 13.1. The molecular weight excluding hydrogens is 605 g/mol. The molecule has 240 valence electrons. The maximum atomic E-state index is 13.6. The van der Waals surface area contributed by atoms with Crippen molar-refractivity contribution in [2.45, 2.75) is 65.7 Å². The van der Waals surface area contributed by atoms with E-state index in [1.807, 2.05) is 78.8 Å². The minimum absolute atomic E-state index is 0.0442. The van der Waals surface area contributed by atoms with Crippen LogP contribution in [-0.4, -0.2) is 55.9 Å². The number of rotatable bonds is 7. The molecule has 1 atom stereocenters. The number of nitrogens with one attached hydrogen (secondary N) is 1. The molecule has 2 aromatic carbocycles. The number of anilines is 2. The van der Waals surface area contributed by atoms with E-state index in [-0.39, 0.29) is 11.5 Å². The van der Waals surface area contributed by atoms with Crippen molar-refractivity contribution in [3.05, 3.63) is 80.1 Å². The predicted molar refractivity (Wildman–Crippen MR) is 183 cm³/mol. The fraction of sp³-hybridized carbons (Fsp3) is 0.400. The summed E-state index contributed by atoms with van der Waals surface area (Å²) in [5, 5.41) is 4.44. The first-order valence-electron chi connectivity index (χ1n) is 15.6. The zero-order valence-electron chi connectivity index (χ0n) is 27.3. The highest BCUT2D eigenvalue weighted by atomic mass is 35.5.